The van der Waals surface area contributed by atoms with E-state index in [9.17, 15) is 14.4 Å². The molecule has 2 aliphatic heterocycles. The van der Waals surface area contributed by atoms with Crippen LogP contribution in [0.15, 0.2) is 42.5 Å². The first-order valence-electron chi connectivity index (χ1n) is 12.2. The van der Waals surface area contributed by atoms with Crippen molar-refractivity contribution in [2.45, 2.75) is 58.0 Å². The van der Waals surface area contributed by atoms with Crippen molar-refractivity contribution >= 4 is 29.1 Å². The minimum absolute atomic E-state index is 0.0174. The van der Waals surface area contributed by atoms with Gasteiger partial charge in [-0.05, 0) is 50.5 Å². The lowest BCUT2D eigenvalue weighted by Crippen LogP contribution is -2.62. The van der Waals surface area contributed by atoms with Crippen molar-refractivity contribution in [2.75, 3.05) is 30.5 Å². The molecule has 0 aliphatic carbocycles. The van der Waals surface area contributed by atoms with Gasteiger partial charge in [0.05, 0.1) is 30.7 Å². The maximum Gasteiger partial charge on any atom is 0.257 e. The molecule has 1 unspecified atom stereocenters. The Morgan fingerprint density at radius 1 is 1.14 bits per heavy atom. The number of nitrogens with zero attached hydrogens (tertiary/aromatic N) is 2. The van der Waals surface area contributed by atoms with Crippen LogP contribution in [0.4, 0.5) is 11.4 Å². The maximum absolute atomic E-state index is 13.3. The van der Waals surface area contributed by atoms with Gasteiger partial charge in [-0.15, -0.1) is 0 Å². The predicted molar refractivity (Wildman–Crippen MR) is 134 cm³/mol. The van der Waals surface area contributed by atoms with Crippen LogP contribution in [0.5, 0.6) is 11.5 Å². The molecule has 2 aromatic rings. The van der Waals surface area contributed by atoms with Crippen molar-refractivity contribution in [1.82, 2.24) is 4.90 Å². The Morgan fingerprint density at radius 3 is 2.71 bits per heavy atom. The Hall–Kier alpha value is -3.55. The van der Waals surface area contributed by atoms with Crippen molar-refractivity contribution in [2.24, 2.45) is 0 Å². The van der Waals surface area contributed by atoms with E-state index in [1.165, 1.54) is 0 Å². The minimum Gasteiger partial charge on any atom is -0.497 e. The lowest BCUT2D eigenvalue weighted by Gasteiger charge is -2.48. The van der Waals surface area contributed by atoms with Crippen LogP contribution < -0.4 is 19.7 Å². The fraction of sp³-hybridized carbons (Fsp3) is 0.444. The van der Waals surface area contributed by atoms with E-state index in [1.54, 1.807) is 47.2 Å². The van der Waals surface area contributed by atoms with E-state index in [0.29, 0.717) is 60.9 Å². The Kier molecular flexibility index (Phi) is 7.28. The number of nitrogens with one attached hydrogen (secondary N) is 1. The molecular weight excluding hydrogens is 446 g/mol. The fourth-order valence-corrected chi connectivity index (χ4v) is 4.84. The highest BCUT2D eigenvalue weighted by Gasteiger charge is 2.52. The molecule has 1 fully saturated rings. The van der Waals surface area contributed by atoms with E-state index in [2.05, 4.69) is 12.2 Å². The van der Waals surface area contributed by atoms with Gasteiger partial charge >= 0.3 is 0 Å². The summed E-state index contributed by atoms with van der Waals surface area (Å²) in [6, 6.07) is 12.6. The summed E-state index contributed by atoms with van der Waals surface area (Å²) in [5, 5.41) is 2.93. The average Bonchev–Trinajstić information content (AvgIpc) is 3.17. The zero-order chi connectivity index (χ0) is 25.0. The number of hydrogen-bond acceptors (Lipinski definition) is 5. The lowest BCUT2D eigenvalue weighted by molar-refractivity contribution is -0.118. The van der Waals surface area contributed by atoms with Gasteiger partial charge < -0.3 is 19.7 Å². The van der Waals surface area contributed by atoms with Crippen LogP contribution in [0.25, 0.3) is 0 Å². The summed E-state index contributed by atoms with van der Waals surface area (Å²) < 4.78 is 11.1. The number of anilines is 2. The first kappa shape index (κ1) is 24.6. The second-order valence-electron chi connectivity index (χ2n) is 9.14. The van der Waals surface area contributed by atoms with E-state index < -0.39 is 5.66 Å². The quantitative estimate of drug-likeness (QED) is 0.504. The molecule has 3 amide bonds. The minimum atomic E-state index is -0.716. The van der Waals surface area contributed by atoms with Gasteiger partial charge in [0.25, 0.3) is 5.91 Å². The summed E-state index contributed by atoms with van der Waals surface area (Å²) in [7, 11) is 1.57. The number of hydrogen-bond donors (Lipinski definition) is 1. The summed E-state index contributed by atoms with van der Waals surface area (Å²) in [6.45, 7) is 4.96. The van der Waals surface area contributed by atoms with Gasteiger partial charge in [0.2, 0.25) is 11.8 Å². The Balaban J connectivity index is 1.43. The monoisotopic (exact) mass is 479 g/mol. The third kappa shape index (κ3) is 4.83. The molecule has 1 N–H and O–H groups in total. The maximum atomic E-state index is 13.3. The fourth-order valence-electron chi connectivity index (χ4n) is 4.84. The molecule has 8 heteroatoms. The number of amides is 3. The summed E-state index contributed by atoms with van der Waals surface area (Å²) in [5.74, 6) is 0.966. The topological polar surface area (TPSA) is 88.2 Å². The molecular formula is C27H33N3O5. The van der Waals surface area contributed by atoms with E-state index in [4.69, 9.17) is 9.47 Å². The van der Waals surface area contributed by atoms with Gasteiger partial charge in [-0.1, -0.05) is 25.5 Å². The molecule has 1 saturated heterocycles. The molecule has 0 radical (unpaired) electrons. The third-order valence-electron chi connectivity index (χ3n) is 6.75. The van der Waals surface area contributed by atoms with Crippen molar-refractivity contribution in [3.05, 3.63) is 48.0 Å². The van der Waals surface area contributed by atoms with Crippen LogP contribution in [-0.2, 0) is 9.59 Å². The number of fused-ring (bicyclic) bond motifs is 3. The number of para-hydroxylation sites is 1. The highest BCUT2D eigenvalue weighted by atomic mass is 16.5. The normalized spacial score (nSPS) is 18.8. The second-order valence-corrected chi connectivity index (χ2v) is 9.14. The summed E-state index contributed by atoms with van der Waals surface area (Å²) in [6.07, 6.45) is 3.59. The first-order valence-corrected chi connectivity index (χ1v) is 12.2. The number of carbonyl (C=O) groups is 3. The van der Waals surface area contributed by atoms with E-state index in [1.807, 2.05) is 19.1 Å². The number of methoxy groups -OCH3 is 1. The largest absolute Gasteiger partial charge is 0.497 e. The van der Waals surface area contributed by atoms with Crippen LogP contribution >= 0.6 is 0 Å². The molecule has 0 aromatic heterocycles. The molecule has 0 spiro atoms. The molecule has 0 bridgehead atoms. The molecule has 8 nitrogen and oxygen atoms in total. The highest BCUT2D eigenvalue weighted by molar-refractivity contribution is 6.10. The molecule has 2 aliphatic rings. The number of carbonyl (C=O) groups excluding carboxylic acids is 3. The van der Waals surface area contributed by atoms with Gasteiger partial charge in [-0.3, -0.25) is 19.3 Å². The molecule has 2 heterocycles. The smallest absolute Gasteiger partial charge is 0.257 e. The molecule has 35 heavy (non-hydrogen) atoms. The number of unbranched alkanes of at least 4 members (excludes halogenated alkanes) is 1. The average molecular weight is 480 g/mol. The van der Waals surface area contributed by atoms with Crippen molar-refractivity contribution in [3.63, 3.8) is 0 Å². The summed E-state index contributed by atoms with van der Waals surface area (Å²) in [4.78, 5) is 42.3. The Morgan fingerprint density at radius 2 is 1.94 bits per heavy atom. The zero-order valence-electron chi connectivity index (χ0n) is 20.6. The first-order chi connectivity index (χ1) is 16.9. The summed E-state index contributed by atoms with van der Waals surface area (Å²) >= 11 is 0. The van der Waals surface area contributed by atoms with Gasteiger partial charge in [-0.2, -0.15) is 0 Å². The van der Waals surface area contributed by atoms with Crippen molar-refractivity contribution < 1.29 is 23.9 Å². The van der Waals surface area contributed by atoms with E-state index >= 15 is 0 Å². The molecule has 4 rings (SSSR count). The lowest BCUT2D eigenvalue weighted by atomic mass is 9.98. The van der Waals surface area contributed by atoms with Crippen LogP contribution in [0.3, 0.4) is 0 Å². The number of benzene rings is 2. The van der Waals surface area contributed by atoms with Crippen molar-refractivity contribution in [3.8, 4) is 11.5 Å². The Labute approximate surface area is 206 Å². The van der Waals surface area contributed by atoms with E-state index in [0.717, 1.165) is 12.8 Å². The molecule has 186 valence electrons. The molecule has 1 atom stereocenters. The van der Waals surface area contributed by atoms with Gasteiger partial charge in [0.1, 0.15) is 17.2 Å². The van der Waals surface area contributed by atoms with Crippen LogP contribution in [-0.4, -0.2) is 48.5 Å². The zero-order valence-corrected chi connectivity index (χ0v) is 20.6. The second kappa shape index (κ2) is 10.4. The molecule has 2 aromatic carbocycles. The van der Waals surface area contributed by atoms with Crippen molar-refractivity contribution in [1.29, 1.82) is 0 Å². The van der Waals surface area contributed by atoms with Crippen LogP contribution in [0, 0.1) is 0 Å². The standard InChI is InChI=1S/C27H33N3O5/c1-4-5-17-35-23-13-12-19(34-3)18-21(23)28-24(31)11-8-16-29-26(33)20-9-6-7-10-22(20)30-25(32)14-15-27(29,30)2/h6-7,9-10,12-13,18H,4-5,8,11,14-17H2,1-3H3,(H,28,31). The van der Waals surface area contributed by atoms with Crippen LogP contribution in [0.1, 0.15) is 62.7 Å². The third-order valence-corrected chi connectivity index (χ3v) is 6.75. The van der Waals surface area contributed by atoms with Gasteiger partial charge in [-0.25, -0.2) is 0 Å². The van der Waals surface area contributed by atoms with E-state index in [-0.39, 0.29) is 24.1 Å². The van der Waals surface area contributed by atoms with Gasteiger partial charge in [0, 0.05) is 25.5 Å². The van der Waals surface area contributed by atoms with Gasteiger partial charge in [0.15, 0.2) is 0 Å². The van der Waals surface area contributed by atoms with Crippen LogP contribution in [0.2, 0.25) is 0 Å². The Bertz CT molecular complexity index is 1120. The number of ether oxygens (including phenoxy) is 2. The summed E-state index contributed by atoms with van der Waals surface area (Å²) in [5.41, 5.74) is 1.04. The predicted octanol–water partition coefficient (Wildman–Crippen LogP) is 4.59. The number of rotatable bonds is 10. The SMILES string of the molecule is CCCCOc1ccc(OC)cc1NC(=O)CCCN1C(=O)c2ccccc2N2C(=O)CCC12C. The molecule has 0 saturated carbocycles. The highest BCUT2D eigenvalue weighted by Crippen LogP contribution is 2.44.